The fraction of sp³-hybridized carbons (Fsp3) is 0.235. The zero-order valence-electron chi connectivity index (χ0n) is 11.3. The minimum atomic E-state index is -0.509. The number of Topliss-reactive ketones (excluding diaryl/α,β-unsaturated/α-hetero) is 1. The Morgan fingerprint density at radius 3 is 2.81 bits per heavy atom. The van der Waals surface area contributed by atoms with Gasteiger partial charge in [-0.3, -0.25) is 4.79 Å². The zero-order valence-corrected chi connectivity index (χ0v) is 12.8. The molecule has 1 heterocycles. The van der Waals surface area contributed by atoms with Gasteiger partial charge in [0.05, 0.1) is 16.7 Å². The van der Waals surface area contributed by atoms with Crippen molar-refractivity contribution in [2.45, 2.75) is 18.9 Å². The maximum atomic E-state index is 12.6. The van der Waals surface area contributed by atoms with E-state index in [-0.39, 0.29) is 12.2 Å². The van der Waals surface area contributed by atoms with Gasteiger partial charge in [-0.2, -0.15) is 0 Å². The summed E-state index contributed by atoms with van der Waals surface area (Å²) in [6.07, 6.45) is 0.556. The van der Waals surface area contributed by atoms with Crippen LogP contribution in [0.2, 0.25) is 10.0 Å². The van der Waals surface area contributed by atoms with Gasteiger partial charge in [-0.05, 0) is 29.2 Å². The first kappa shape index (κ1) is 14.6. The standard InChI is InChI=1S/C17H14Cl2O2/c18-14-7-3-5-12(16(14)19)10-15(20)17-13-6-2-1-4-11(13)8-9-21-17/h1-7,17H,8-10H2. The summed E-state index contributed by atoms with van der Waals surface area (Å²) in [6.45, 7) is 0.566. The smallest absolute Gasteiger partial charge is 0.170 e. The van der Waals surface area contributed by atoms with Crippen LogP contribution in [0.3, 0.4) is 0 Å². The fourth-order valence-corrected chi connectivity index (χ4v) is 3.01. The molecule has 0 radical (unpaired) electrons. The number of ketones is 1. The van der Waals surface area contributed by atoms with Crippen LogP contribution >= 0.6 is 23.2 Å². The summed E-state index contributed by atoms with van der Waals surface area (Å²) in [7, 11) is 0. The van der Waals surface area contributed by atoms with Gasteiger partial charge in [0.1, 0.15) is 6.10 Å². The highest BCUT2D eigenvalue weighted by Crippen LogP contribution is 2.31. The lowest BCUT2D eigenvalue weighted by Crippen LogP contribution is -2.24. The van der Waals surface area contributed by atoms with E-state index in [9.17, 15) is 4.79 Å². The number of carbonyl (C=O) groups excluding carboxylic acids is 1. The van der Waals surface area contributed by atoms with Crippen LogP contribution in [0.5, 0.6) is 0 Å². The topological polar surface area (TPSA) is 26.3 Å². The minimum absolute atomic E-state index is 0.00585. The number of benzene rings is 2. The van der Waals surface area contributed by atoms with Gasteiger partial charge in [-0.25, -0.2) is 0 Å². The van der Waals surface area contributed by atoms with E-state index in [1.54, 1.807) is 12.1 Å². The molecule has 0 amide bonds. The fourth-order valence-electron chi connectivity index (χ4n) is 2.63. The third kappa shape index (κ3) is 2.98. The molecule has 21 heavy (non-hydrogen) atoms. The monoisotopic (exact) mass is 320 g/mol. The van der Waals surface area contributed by atoms with Crippen molar-refractivity contribution in [2.75, 3.05) is 6.61 Å². The number of hydrogen-bond donors (Lipinski definition) is 0. The molecule has 0 aromatic heterocycles. The lowest BCUT2D eigenvalue weighted by molar-refractivity contribution is -0.131. The van der Waals surface area contributed by atoms with E-state index in [4.69, 9.17) is 27.9 Å². The molecule has 4 heteroatoms. The number of fused-ring (bicyclic) bond motifs is 1. The van der Waals surface area contributed by atoms with Crippen LogP contribution in [-0.2, 0) is 22.4 Å². The van der Waals surface area contributed by atoms with Crippen LogP contribution in [0, 0.1) is 0 Å². The lowest BCUT2D eigenvalue weighted by Gasteiger charge is -2.25. The Hall–Kier alpha value is -1.35. The number of carbonyl (C=O) groups is 1. The van der Waals surface area contributed by atoms with Gasteiger partial charge >= 0.3 is 0 Å². The molecule has 0 spiro atoms. The molecule has 0 aliphatic carbocycles. The number of halogens is 2. The molecule has 0 fully saturated rings. The van der Waals surface area contributed by atoms with E-state index in [0.717, 1.165) is 17.5 Å². The molecule has 0 saturated carbocycles. The quantitative estimate of drug-likeness (QED) is 0.836. The van der Waals surface area contributed by atoms with Gasteiger partial charge < -0.3 is 4.74 Å². The van der Waals surface area contributed by atoms with Crippen molar-refractivity contribution in [3.8, 4) is 0 Å². The van der Waals surface area contributed by atoms with Crippen molar-refractivity contribution >= 4 is 29.0 Å². The summed E-state index contributed by atoms with van der Waals surface area (Å²) < 4.78 is 5.68. The van der Waals surface area contributed by atoms with Gasteiger partial charge in [0.2, 0.25) is 0 Å². The lowest BCUT2D eigenvalue weighted by atomic mass is 9.93. The van der Waals surface area contributed by atoms with Crippen LogP contribution < -0.4 is 0 Å². The second-order valence-corrected chi connectivity index (χ2v) is 5.84. The molecule has 2 nitrogen and oxygen atoms in total. The summed E-state index contributed by atoms with van der Waals surface area (Å²) in [6, 6.07) is 13.2. The van der Waals surface area contributed by atoms with Crippen molar-refractivity contribution in [1.82, 2.24) is 0 Å². The summed E-state index contributed by atoms with van der Waals surface area (Å²) >= 11 is 12.1. The maximum absolute atomic E-state index is 12.6. The van der Waals surface area contributed by atoms with Crippen LogP contribution in [0.1, 0.15) is 22.8 Å². The van der Waals surface area contributed by atoms with Crippen LogP contribution in [0.25, 0.3) is 0 Å². The van der Waals surface area contributed by atoms with Gasteiger partial charge in [0.25, 0.3) is 0 Å². The molecular formula is C17H14Cl2O2. The largest absolute Gasteiger partial charge is 0.365 e. The predicted molar refractivity (Wildman–Crippen MR) is 84.0 cm³/mol. The molecule has 3 rings (SSSR count). The molecule has 1 atom stereocenters. The Kier molecular flexibility index (Phi) is 4.29. The van der Waals surface area contributed by atoms with Crippen molar-refractivity contribution in [3.63, 3.8) is 0 Å². The highest BCUT2D eigenvalue weighted by Gasteiger charge is 2.27. The van der Waals surface area contributed by atoms with E-state index in [2.05, 4.69) is 0 Å². The summed E-state index contributed by atoms with van der Waals surface area (Å²) in [5.41, 5.74) is 2.88. The molecule has 1 unspecified atom stereocenters. The molecule has 2 aromatic rings. The van der Waals surface area contributed by atoms with E-state index in [0.29, 0.717) is 16.7 Å². The minimum Gasteiger partial charge on any atom is -0.365 e. The SMILES string of the molecule is O=C(Cc1cccc(Cl)c1Cl)C1OCCc2ccccc21. The number of hydrogen-bond acceptors (Lipinski definition) is 2. The van der Waals surface area contributed by atoms with E-state index in [1.165, 1.54) is 5.56 Å². The van der Waals surface area contributed by atoms with Crippen molar-refractivity contribution < 1.29 is 9.53 Å². The van der Waals surface area contributed by atoms with Crippen LogP contribution in [0.15, 0.2) is 42.5 Å². The summed E-state index contributed by atoms with van der Waals surface area (Å²) in [5, 5.41) is 0.906. The molecule has 108 valence electrons. The first-order chi connectivity index (χ1) is 10.2. The van der Waals surface area contributed by atoms with Gasteiger partial charge in [-0.15, -0.1) is 0 Å². The maximum Gasteiger partial charge on any atom is 0.170 e. The Bertz CT molecular complexity index is 682. The first-order valence-electron chi connectivity index (χ1n) is 6.82. The zero-order chi connectivity index (χ0) is 14.8. The van der Waals surface area contributed by atoms with Crippen molar-refractivity contribution in [2.24, 2.45) is 0 Å². The van der Waals surface area contributed by atoms with Crippen molar-refractivity contribution in [1.29, 1.82) is 0 Å². The Morgan fingerprint density at radius 2 is 1.95 bits per heavy atom. The summed E-state index contributed by atoms with van der Waals surface area (Å²) in [5.74, 6) is 0.00585. The predicted octanol–water partition coefficient (Wildman–Crippen LogP) is 4.42. The molecule has 0 N–H and O–H groups in total. The third-order valence-corrected chi connectivity index (χ3v) is 4.54. The van der Waals surface area contributed by atoms with Gasteiger partial charge in [0, 0.05) is 6.42 Å². The van der Waals surface area contributed by atoms with Crippen molar-refractivity contribution in [3.05, 3.63) is 69.2 Å². The second kappa shape index (κ2) is 6.18. The molecule has 1 aliphatic heterocycles. The molecular weight excluding hydrogens is 307 g/mol. The Labute approximate surface area is 133 Å². The molecule has 0 saturated heterocycles. The van der Waals surface area contributed by atoms with E-state index in [1.807, 2.05) is 30.3 Å². The van der Waals surface area contributed by atoms with E-state index >= 15 is 0 Å². The average Bonchev–Trinajstić information content (AvgIpc) is 2.51. The normalized spacial score (nSPS) is 17.3. The number of rotatable bonds is 3. The highest BCUT2D eigenvalue weighted by atomic mass is 35.5. The average molecular weight is 321 g/mol. The molecule has 0 bridgehead atoms. The molecule has 1 aliphatic rings. The van der Waals surface area contributed by atoms with Crippen LogP contribution in [-0.4, -0.2) is 12.4 Å². The van der Waals surface area contributed by atoms with Gasteiger partial charge in [0.15, 0.2) is 5.78 Å². The molecule has 2 aromatic carbocycles. The summed E-state index contributed by atoms with van der Waals surface area (Å²) in [4.78, 5) is 12.6. The highest BCUT2D eigenvalue weighted by molar-refractivity contribution is 6.42. The van der Waals surface area contributed by atoms with E-state index < -0.39 is 6.10 Å². The first-order valence-corrected chi connectivity index (χ1v) is 7.57. The van der Waals surface area contributed by atoms with Gasteiger partial charge in [-0.1, -0.05) is 59.6 Å². The van der Waals surface area contributed by atoms with Crippen LogP contribution in [0.4, 0.5) is 0 Å². The second-order valence-electron chi connectivity index (χ2n) is 5.06. The Balaban J connectivity index is 1.85. The number of ether oxygens (including phenoxy) is 1. The Morgan fingerprint density at radius 1 is 1.14 bits per heavy atom. The third-order valence-electron chi connectivity index (χ3n) is 3.68.